The average molecular weight is 366 g/mol. The summed E-state index contributed by atoms with van der Waals surface area (Å²) in [6, 6.07) is 15.5. The van der Waals surface area contributed by atoms with Crippen LogP contribution in [0.5, 0.6) is 11.7 Å². The van der Waals surface area contributed by atoms with Crippen molar-refractivity contribution in [2.24, 2.45) is 0 Å². The molecule has 5 nitrogen and oxygen atoms in total. The van der Waals surface area contributed by atoms with Crippen LogP contribution in [0.4, 0.5) is 0 Å². The third-order valence-corrected chi connectivity index (χ3v) is 4.28. The van der Waals surface area contributed by atoms with Crippen LogP contribution >= 0.6 is 11.6 Å². The number of aromatic nitrogens is 3. The van der Waals surface area contributed by atoms with Crippen LogP contribution in [0.15, 0.2) is 65.3 Å². The highest BCUT2D eigenvalue weighted by molar-refractivity contribution is 6.30. The van der Waals surface area contributed by atoms with E-state index in [1.165, 1.54) is 0 Å². The fraction of sp³-hybridized carbons (Fsp3) is 0.100. The molecule has 0 saturated heterocycles. The van der Waals surface area contributed by atoms with Crippen molar-refractivity contribution < 1.29 is 9.15 Å². The molecule has 0 N–H and O–H groups in total. The first kappa shape index (κ1) is 16.4. The Morgan fingerprint density at radius 1 is 1.04 bits per heavy atom. The van der Waals surface area contributed by atoms with E-state index in [4.69, 9.17) is 20.8 Å². The predicted octanol–water partition coefficient (Wildman–Crippen LogP) is 5.59. The molecule has 2 aromatic heterocycles. The Morgan fingerprint density at radius 2 is 1.81 bits per heavy atom. The molecular formula is C20H16ClN3O2. The van der Waals surface area contributed by atoms with Crippen molar-refractivity contribution in [2.75, 3.05) is 0 Å². The Balaban J connectivity index is 1.82. The van der Waals surface area contributed by atoms with Crippen molar-refractivity contribution >= 4 is 11.6 Å². The number of aryl methyl sites for hydroxylation is 2. The van der Waals surface area contributed by atoms with E-state index in [1.54, 1.807) is 17.0 Å². The molecular weight excluding hydrogens is 350 g/mol. The number of rotatable bonds is 4. The van der Waals surface area contributed by atoms with Crippen molar-refractivity contribution in [3.8, 4) is 29.0 Å². The second kappa shape index (κ2) is 6.69. The van der Waals surface area contributed by atoms with E-state index in [9.17, 15) is 0 Å². The topological polar surface area (TPSA) is 53.1 Å². The van der Waals surface area contributed by atoms with Gasteiger partial charge in [-0.1, -0.05) is 41.9 Å². The lowest BCUT2D eigenvalue weighted by atomic mass is 10.2. The van der Waals surface area contributed by atoms with Gasteiger partial charge in [-0.2, -0.15) is 4.98 Å². The second-order valence-corrected chi connectivity index (χ2v) is 6.29. The van der Waals surface area contributed by atoms with Gasteiger partial charge in [0.15, 0.2) is 5.69 Å². The summed E-state index contributed by atoms with van der Waals surface area (Å²) in [5, 5.41) is 0.657. The van der Waals surface area contributed by atoms with Gasteiger partial charge in [0.2, 0.25) is 0 Å². The summed E-state index contributed by atoms with van der Waals surface area (Å²) in [6.45, 7) is 3.86. The van der Waals surface area contributed by atoms with Gasteiger partial charge in [0, 0.05) is 23.0 Å². The first-order chi connectivity index (χ1) is 12.6. The van der Waals surface area contributed by atoms with Crippen LogP contribution in [0, 0.1) is 13.8 Å². The number of nitrogens with zero attached hydrogens (tertiary/aromatic N) is 3. The third-order valence-electron chi connectivity index (χ3n) is 4.03. The van der Waals surface area contributed by atoms with Crippen molar-refractivity contribution in [1.82, 2.24) is 14.5 Å². The molecule has 0 fully saturated rings. The molecule has 0 aliphatic carbocycles. The van der Waals surface area contributed by atoms with E-state index in [-0.39, 0.29) is 0 Å². The quantitative estimate of drug-likeness (QED) is 0.473. The van der Waals surface area contributed by atoms with E-state index in [2.05, 4.69) is 9.97 Å². The van der Waals surface area contributed by atoms with Crippen LogP contribution in [0.25, 0.3) is 17.3 Å². The summed E-state index contributed by atoms with van der Waals surface area (Å²) >= 11 is 6.01. The van der Waals surface area contributed by atoms with Crippen molar-refractivity contribution in [1.29, 1.82) is 0 Å². The number of hydrogen-bond acceptors (Lipinski definition) is 4. The summed E-state index contributed by atoms with van der Waals surface area (Å²) in [5.74, 6) is 1.81. The Hall–Kier alpha value is -3.05. The highest BCUT2D eigenvalue weighted by Gasteiger charge is 2.20. The summed E-state index contributed by atoms with van der Waals surface area (Å²) in [6.07, 6.45) is 3.49. The first-order valence-electron chi connectivity index (χ1n) is 8.12. The van der Waals surface area contributed by atoms with Gasteiger partial charge in [0.05, 0.1) is 0 Å². The molecule has 2 heterocycles. The van der Waals surface area contributed by atoms with Crippen LogP contribution in [-0.4, -0.2) is 14.5 Å². The smallest absolute Gasteiger partial charge is 0.320 e. The molecule has 26 heavy (non-hydrogen) atoms. The minimum absolute atomic E-state index is 0.324. The summed E-state index contributed by atoms with van der Waals surface area (Å²) in [7, 11) is 0. The lowest BCUT2D eigenvalue weighted by Crippen LogP contribution is -1.95. The zero-order valence-corrected chi connectivity index (χ0v) is 15.1. The van der Waals surface area contributed by atoms with Crippen LogP contribution in [0.3, 0.4) is 0 Å². The molecule has 130 valence electrons. The van der Waals surface area contributed by atoms with Gasteiger partial charge >= 0.3 is 12.0 Å². The molecule has 0 saturated carbocycles. The van der Waals surface area contributed by atoms with E-state index in [1.807, 2.05) is 62.4 Å². The normalized spacial score (nSPS) is 10.9. The van der Waals surface area contributed by atoms with Gasteiger partial charge < -0.3 is 9.15 Å². The summed E-state index contributed by atoms with van der Waals surface area (Å²) < 4.78 is 13.8. The van der Waals surface area contributed by atoms with E-state index < -0.39 is 0 Å². The molecule has 4 aromatic rings. The molecule has 2 aromatic carbocycles. The number of oxazole rings is 1. The minimum Gasteiger partial charge on any atom is -0.424 e. The van der Waals surface area contributed by atoms with Gasteiger partial charge in [-0.05, 0) is 37.6 Å². The largest absolute Gasteiger partial charge is 0.424 e. The maximum Gasteiger partial charge on any atom is 0.320 e. The standard InChI is InChI=1S/C20H16ClN3O2/c1-13-5-3-4-6-17(13)25-19-18(15-7-9-16(21)10-8-15)23-20(26-19)24-12-11-22-14(24)2/h3-12H,1-2H3. The third kappa shape index (κ3) is 3.09. The fourth-order valence-electron chi connectivity index (χ4n) is 2.61. The number of halogens is 1. The molecule has 0 radical (unpaired) electrons. The fourth-order valence-corrected chi connectivity index (χ4v) is 2.73. The zero-order chi connectivity index (χ0) is 18.1. The van der Waals surface area contributed by atoms with E-state index in [0.29, 0.717) is 28.4 Å². The molecule has 0 bridgehead atoms. The van der Waals surface area contributed by atoms with Gasteiger partial charge in [0.25, 0.3) is 0 Å². The lowest BCUT2D eigenvalue weighted by molar-refractivity contribution is 0.340. The van der Waals surface area contributed by atoms with Gasteiger partial charge in [-0.3, -0.25) is 4.57 Å². The Morgan fingerprint density at radius 3 is 2.50 bits per heavy atom. The van der Waals surface area contributed by atoms with Crippen LogP contribution < -0.4 is 4.74 Å². The zero-order valence-electron chi connectivity index (χ0n) is 14.3. The van der Waals surface area contributed by atoms with Crippen molar-refractivity contribution in [3.63, 3.8) is 0 Å². The first-order valence-corrected chi connectivity index (χ1v) is 8.50. The average Bonchev–Trinajstić information content (AvgIpc) is 3.24. The monoisotopic (exact) mass is 365 g/mol. The van der Waals surface area contributed by atoms with Gasteiger partial charge in [-0.15, -0.1) is 0 Å². The predicted molar refractivity (Wildman–Crippen MR) is 100 cm³/mol. The van der Waals surface area contributed by atoms with Gasteiger partial charge in [0.1, 0.15) is 11.6 Å². The molecule has 0 aliphatic rings. The van der Waals surface area contributed by atoms with Crippen molar-refractivity contribution in [3.05, 3.63) is 77.3 Å². The molecule has 0 aliphatic heterocycles. The van der Waals surface area contributed by atoms with Crippen LogP contribution in [0.1, 0.15) is 11.4 Å². The summed E-state index contributed by atoms with van der Waals surface area (Å²) in [5.41, 5.74) is 2.46. The van der Waals surface area contributed by atoms with E-state index >= 15 is 0 Å². The number of ether oxygens (including phenoxy) is 1. The van der Waals surface area contributed by atoms with Crippen molar-refractivity contribution in [2.45, 2.75) is 13.8 Å². The lowest BCUT2D eigenvalue weighted by Gasteiger charge is -2.06. The maximum absolute atomic E-state index is 6.05. The molecule has 6 heteroatoms. The maximum atomic E-state index is 6.05. The highest BCUT2D eigenvalue weighted by Crippen LogP contribution is 2.36. The highest BCUT2D eigenvalue weighted by atomic mass is 35.5. The molecule has 0 spiro atoms. The summed E-state index contributed by atoms with van der Waals surface area (Å²) in [4.78, 5) is 8.85. The van der Waals surface area contributed by atoms with Crippen LogP contribution in [-0.2, 0) is 0 Å². The minimum atomic E-state index is 0.324. The molecule has 0 atom stereocenters. The second-order valence-electron chi connectivity index (χ2n) is 5.85. The molecule has 0 amide bonds. The Kier molecular flexibility index (Phi) is 4.22. The molecule has 0 unspecified atom stereocenters. The van der Waals surface area contributed by atoms with Gasteiger partial charge in [-0.25, -0.2) is 4.98 Å². The van der Waals surface area contributed by atoms with E-state index in [0.717, 1.165) is 17.0 Å². The Labute approximate surface area is 155 Å². The number of hydrogen-bond donors (Lipinski definition) is 0. The number of benzene rings is 2. The Bertz CT molecular complexity index is 1050. The SMILES string of the molecule is Cc1ccccc1Oc1oc(-n2ccnc2C)nc1-c1ccc(Cl)cc1. The number of para-hydroxylation sites is 1. The molecule has 4 rings (SSSR count). The number of imidazole rings is 1. The van der Waals surface area contributed by atoms with Crippen LogP contribution in [0.2, 0.25) is 5.02 Å².